The van der Waals surface area contributed by atoms with Crippen molar-refractivity contribution in [1.29, 1.82) is 0 Å². The zero-order valence-corrected chi connectivity index (χ0v) is 25.1. The Balaban J connectivity index is 1.57. The Bertz CT molecular complexity index is 1560. The Morgan fingerprint density at radius 1 is 1.24 bits per heavy atom. The Morgan fingerprint density at radius 2 is 1.98 bits per heavy atom. The fraction of sp³-hybridized carbons (Fsp3) is 0.414. The van der Waals surface area contributed by atoms with Gasteiger partial charge in [-0.1, -0.05) is 37.6 Å². The molecular formula is C29H33ClF2N3O6P. The largest absolute Gasteiger partial charge is 0.480 e. The third-order valence-corrected chi connectivity index (χ3v) is 9.99. The molecule has 2 aromatic carbocycles. The van der Waals surface area contributed by atoms with Gasteiger partial charge in [0.25, 0.3) is 0 Å². The number of amides is 2. The maximum atomic E-state index is 14.5. The van der Waals surface area contributed by atoms with E-state index in [9.17, 15) is 32.6 Å². The minimum atomic E-state index is -3.57. The molecule has 3 aromatic rings. The first kappa shape index (κ1) is 31.7. The van der Waals surface area contributed by atoms with Crippen LogP contribution in [0.3, 0.4) is 0 Å². The molecule has 2 amide bonds. The fourth-order valence-corrected chi connectivity index (χ4v) is 6.56. The van der Waals surface area contributed by atoms with E-state index in [1.165, 1.54) is 35.9 Å². The van der Waals surface area contributed by atoms with Crippen molar-refractivity contribution in [3.8, 4) is 5.75 Å². The molecule has 0 radical (unpaired) electrons. The lowest BCUT2D eigenvalue weighted by molar-refractivity contribution is -0.139. The summed E-state index contributed by atoms with van der Waals surface area (Å²) in [7, 11) is -3.57. The van der Waals surface area contributed by atoms with Crippen LogP contribution >= 0.6 is 19.0 Å². The number of hydrogen-bond acceptors (Lipinski definition) is 5. The zero-order chi connectivity index (χ0) is 30.8. The minimum Gasteiger partial charge on any atom is -0.480 e. The van der Waals surface area contributed by atoms with Crippen LogP contribution in [0.2, 0.25) is 5.02 Å². The highest BCUT2D eigenvalue weighted by Gasteiger charge is 2.40. The van der Waals surface area contributed by atoms with E-state index in [-0.39, 0.29) is 54.3 Å². The molecule has 1 saturated heterocycles. The number of likely N-dealkylation sites (tertiary alicyclic amines) is 1. The summed E-state index contributed by atoms with van der Waals surface area (Å²) in [5, 5.41) is 3.01. The van der Waals surface area contributed by atoms with E-state index in [0.717, 1.165) is 4.90 Å². The summed E-state index contributed by atoms with van der Waals surface area (Å²) in [5.41, 5.74) is 0.956. The number of rotatable bonds is 11. The summed E-state index contributed by atoms with van der Waals surface area (Å²) in [6.07, 6.45) is 0.205. The second kappa shape index (κ2) is 12.9. The summed E-state index contributed by atoms with van der Waals surface area (Å²) in [6, 6.07) is 8.09. The topological polar surface area (TPSA) is 118 Å². The first-order chi connectivity index (χ1) is 19.9. The lowest BCUT2D eigenvalue weighted by Crippen LogP contribution is -2.46. The molecule has 42 heavy (non-hydrogen) atoms. The first-order valence-corrected chi connectivity index (χ1v) is 15.9. The van der Waals surface area contributed by atoms with E-state index >= 15 is 0 Å². The Hall–Kier alpha value is -3.27. The Morgan fingerprint density at radius 3 is 2.64 bits per heavy atom. The number of nitrogens with zero attached hydrogens (tertiary/aromatic N) is 2. The van der Waals surface area contributed by atoms with E-state index in [1.807, 2.05) is 0 Å². The number of benzene rings is 2. The molecule has 0 bridgehead atoms. The lowest BCUT2D eigenvalue weighted by Gasteiger charge is -2.24. The number of ether oxygens (including phenoxy) is 1. The summed E-state index contributed by atoms with van der Waals surface area (Å²) < 4.78 is 48.7. The van der Waals surface area contributed by atoms with Crippen LogP contribution in [-0.4, -0.2) is 62.7 Å². The van der Waals surface area contributed by atoms with Gasteiger partial charge in [0.15, 0.2) is 11.6 Å². The molecule has 9 nitrogen and oxygen atoms in total. The average molecular weight is 624 g/mol. The van der Waals surface area contributed by atoms with E-state index in [0.29, 0.717) is 22.9 Å². The molecule has 1 aliphatic rings. The number of hydrogen-bond donors (Lipinski definition) is 2. The van der Waals surface area contributed by atoms with Crippen molar-refractivity contribution in [2.45, 2.75) is 64.8 Å². The molecule has 4 atom stereocenters. The van der Waals surface area contributed by atoms with Crippen LogP contribution in [0.5, 0.6) is 5.75 Å². The highest BCUT2D eigenvalue weighted by molar-refractivity contribution is 7.58. The monoisotopic (exact) mass is 623 g/mol. The Labute approximate surface area is 247 Å². The molecule has 13 heteroatoms. The SMILES string of the molecule is CCC(Oc1ccc2c(C(C)=O)cn(CC(=O)N3C[C@H](F)C[C@H]3C(=O)NCc3cccc(Cl)c3F)c2c1)P(=O)(O)CC. The van der Waals surface area contributed by atoms with Gasteiger partial charge in [0, 0.05) is 47.9 Å². The van der Waals surface area contributed by atoms with Gasteiger partial charge in [0.05, 0.1) is 17.1 Å². The lowest BCUT2D eigenvalue weighted by atomic mass is 10.1. The summed E-state index contributed by atoms with van der Waals surface area (Å²) in [6.45, 7) is 3.94. The van der Waals surface area contributed by atoms with Crippen LogP contribution in [0.1, 0.15) is 49.5 Å². The van der Waals surface area contributed by atoms with E-state index in [1.54, 1.807) is 32.0 Å². The highest BCUT2D eigenvalue weighted by Crippen LogP contribution is 2.48. The van der Waals surface area contributed by atoms with Gasteiger partial charge in [-0.2, -0.15) is 0 Å². The van der Waals surface area contributed by atoms with Gasteiger partial charge in [-0.25, -0.2) is 8.78 Å². The highest BCUT2D eigenvalue weighted by atomic mass is 35.5. The smallest absolute Gasteiger partial charge is 0.243 e. The number of alkyl halides is 1. The van der Waals surface area contributed by atoms with E-state index in [2.05, 4.69) is 5.32 Å². The first-order valence-electron chi connectivity index (χ1n) is 13.6. The second-order valence-electron chi connectivity index (χ2n) is 10.3. The van der Waals surface area contributed by atoms with Crippen LogP contribution in [0.4, 0.5) is 8.78 Å². The Kier molecular flexibility index (Phi) is 9.75. The van der Waals surface area contributed by atoms with Gasteiger partial charge in [0.2, 0.25) is 19.2 Å². The van der Waals surface area contributed by atoms with Crippen molar-refractivity contribution in [2.24, 2.45) is 0 Å². The number of aromatic nitrogens is 1. The van der Waals surface area contributed by atoms with Crippen molar-refractivity contribution in [2.75, 3.05) is 12.7 Å². The molecule has 2 N–H and O–H groups in total. The standard InChI is InChI=1S/C29H33ClF2N3O6P/c1-4-27(42(39,40)5-2)41-20-9-10-21-22(17(3)36)15-34(24(21)12-20)16-26(37)35-14-19(31)11-25(35)29(38)33-13-18-7-6-8-23(30)28(18)32/h6-10,12,15,19,25,27H,4-5,11,13-14,16H2,1-3H3,(H,33,38)(H,39,40)/t19-,25+,27?/m1/s1. The number of nitrogens with one attached hydrogen (secondary N) is 1. The third-order valence-electron chi connectivity index (χ3n) is 7.42. The molecule has 1 aliphatic heterocycles. The van der Waals surface area contributed by atoms with Crippen LogP contribution in [0, 0.1) is 5.82 Å². The van der Waals surface area contributed by atoms with Crippen LogP contribution in [-0.2, 0) is 27.2 Å². The van der Waals surface area contributed by atoms with Crippen molar-refractivity contribution >= 4 is 47.5 Å². The zero-order valence-electron chi connectivity index (χ0n) is 23.5. The summed E-state index contributed by atoms with van der Waals surface area (Å²) in [5.74, 6) is -2.74. The molecule has 2 unspecified atom stereocenters. The number of fused-ring (bicyclic) bond motifs is 1. The normalized spacial score (nSPS) is 19.0. The van der Waals surface area contributed by atoms with Gasteiger partial charge in [-0.05, 0) is 31.5 Å². The predicted molar refractivity (Wildman–Crippen MR) is 155 cm³/mol. The second-order valence-corrected chi connectivity index (χ2v) is 13.4. The molecule has 2 heterocycles. The van der Waals surface area contributed by atoms with Gasteiger partial charge in [0.1, 0.15) is 30.3 Å². The summed E-state index contributed by atoms with van der Waals surface area (Å²) >= 11 is 5.80. The number of halogens is 3. The molecule has 1 fully saturated rings. The van der Waals surface area contributed by atoms with Gasteiger partial charge < -0.3 is 24.4 Å². The van der Waals surface area contributed by atoms with Gasteiger partial charge in [-0.15, -0.1) is 0 Å². The quantitative estimate of drug-likeness (QED) is 0.221. The fourth-order valence-electron chi connectivity index (χ4n) is 5.10. The summed E-state index contributed by atoms with van der Waals surface area (Å²) in [4.78, 5) is 50.2. The average Bonchev–Trinajstić information content (AvgIpc) is 3.52. The van der Waals surface area contributed by atoms with Crippen molar-refractivity contribution < 1.29 is 37.4 Å². The number of Topliss-reactive ketones (excluding diaryl/α,β-unsaturated/α-hetero) is 1. The number of carbonyl (C=O) groups excluding carboxylic acids is 3. The van der Waals surface area contributed by atoms with Crippen LogP contribution in [0.15, 0.2) is 42.6 Å². The molecule has 0 saturated carbocycles. The van der Waals surface area contributed by atoms with Crippen molar-refractivity contribution in [1.82, 2.24) is 14.8 Å². The van der Waals surface area contributed by atoms with Crippen LogP contribution in [0.25, 0.3) is 10.9 Å². The number of ketones is 1. The molecule has 4 rings (SSSR count). The predicted octanol–water partition coefficient (Wildman–Crippen LogP) is 5.30. The minimum absolute atomic E-state index is 0.0430. The maximum absolute atomic E-state index is 14.5. The van der Waals surface area contributed by atoms with Gasteiger partial charge >= 0.3 is 0 Å². The molecule has 1 aromatic heterocycles. The molecule has 0 aliphatic carbocycles. The molecule has 0 spiro atoms. The number of carbonyl (C=O) groups is 3. The molecule has 226 valence electrons. The van der Waals surface area contributed by atoms with E-state index in [4.69, 9.17) is 16.3 Å². The van der Waals surface area contributed by atoms with Crippen LogP contribution < -0.4 is 10.1 Å². The van der Waals surface area contributed by atoms with E-state index < -0.39 is 43.1 Å². The van der Waals surface area contributed by atoms with Crippen molar-refractivity contribution in [3.63, 3.8) is 0 Å². The molecular weight excluding hydrogens is 591 g/mol. The third kappa shape index (κ3) is 6.69. The van der Waals surface area contributed by atoms with Crippen molar-refractivity contribution in [3.05, 3.63) is 64.6 Å². The maximum Gasteiger partial charge on any atom is 0.243 e. The van der Waals surface area contributed by atoms with Gasteiger partial charge in [-0.3, -0.25) is 18.9 Å².